The van der Waals surface area contributed by atoms with E-state index in [0.717, 1.165) is 4.88 Å². The van der Waals surface area contributed by atoms with E-state index in [2.05, 4.69) is 9.97 Å². The average Bonchev–Trinajstić information content (AvgIpc) is 2.71. The Hall–Kier alpha value is -1.33. The number of hydrogen-bond donors (Lipinski definition) is 1. The molecule has 5 heteroatoms. The van der Waals surface area contributed by atoms with Gasteiger partial charge in [-0.05, 0) is 12.1 Å². The van der Waals surface area contributed by atoms with Gasteiger partial charge in [0.15, 0.2) is 0 Å². The molecule has 0 saturated heterocycles. The Morgan fingerprint density at radius 1 is 1.53 bits per heavy atom. The number of hydrogen-bond acceptors (Lipinski definition) is 4. The molecule has 0 saturated carbocycles. The molecule has 2 rings (SSSR count). The summed E-state index contributed by atoms with van der Waals surface area (Å²) in [6.45, 7) is 0. The fraction of sp³-hybridized carbons (Fsp3) is 0.200. The van der Waals surface area contributed by atoms with Gasteiger partial charge < -0.3 is 5.11 Å². The van der Waals surface area contributed by atoms with Crippen molar-refractivity contribution in [2.75, 3.05) is 0 Å². The third-order valence-corrected chi connectivity index (χ3v) is 2.78. The number of rotatable bonds is 3. The predicted molar refractivity (Wildman–Crippen MR) is 55.0 cm³/mol. The lowest BCUT2D eigenvalue weighted by atomic mass is 10.1. The van der Waals surface area contributed by atoms with Gasteiger partial charge in [0.25, 0.3) is 0 Å². The van der Waals surface area contributed by atoms with Crippen LogP contribution in [0, 0.1) is 5.82 Å². The van der Waals surface area contributed by atoms with Crippen LogP contribution in [-0.4, -0.2) is 15.1 Å². The zero-order valence-electron chi connectivity index (χ0n) is 7.80. The molecule has 0 aromatic carbocycles. The molecule has 1 N–H and O–H groups in total. The van der Waals surface area contributed by atoms with E-state index in [4.69, 9.17) is 0 Å². The van der Waals surface area contributed by atoms with Gasteiger partial charge in [-0.15, -0.1) is 11.3 Å². The van der Waals surface area contributed by atoms with Gasteiger partial charge in [-0.2, -0.15) is 0 Å². The first-order valence-electron chi connectivity index (χ1n) is 4.43. The summed E-state index contributed by atoms with van der Waals surface area (Å²) in [5, 5.41) is 9.75. The number of thiazole rings is 1. The molecule has 2 heterocycles. The predicted octanol–water partition coefficient (Wildman–Crippen LogP) is 1.95. The zero-order valence-corrected chi connectivity index (χ0v) is 8.62. The fourth-order valence-corrected chi connectivity index (χ4v) is 1.91. The summed E-state index contributed by atoms with van der Waals surface area (Å²) in [7, 11) is 0. The average molecular weight is 224 g/mol. The van der Waals surface area contributed by atoms with Gasteiger partial charge in [-0.1, -0.05) is 0 Å². The maximum atomic E-state index is 13.2. The van der Waals surface area contributed by atoms with Crippen molar-refractivity contribution in [2.24, 2.45) is 0 Å². The normalized spacial score (nSPS) is 12.7. The van der Waals surface area contributed by atoms with E-state index in [0.29, 0.717) is 6.42 Å². The number of nitrogens with zero attached hydrogens (tertiary/aromatic N) is 2. The largest absolute Gasteiger partial charge is 0.386 e. The molecule has 0 aliphatic heterocycles. The van der Waals surface area contributed by atoms with Crippen molar-refractivity contribution < 1.29 is 9.50 Å². The summed E-state index contributed by atoms with van der Waals surface area (Å²) in [5.41, 5.74) is 1.77. The molecule has 0 fully saturated rings. The summed E-state index contributed by atoms with van der Waals surface area (Å²) in [6, 6.07) is 2.79. The monoisotopic (exact) mass is 224 g/mol. The second-order valence-electron chi connectivity index (χ2n) is 3.06. The van der Waals surface area contributed by atoms with E-state index in [-0.39, 0.29) is 5.69 Å². The molecule has 0 spiro atoms. The van der Waals surface area contributed by atoms with E-state index < -0.39 is 11.9 Å². The molecular weight excluding hydrogens is 215 g/mol. The van der Waals surface area contributed by atoms with Gasteiger partial charge in [-0.25, -0.2) is 4.39 Å². The topological polar surface area (TPSA) is 46.0 Å². The van der Waals surface area contributed by atoms with E-state index in [9.17, 15) is 9.50 Å². The molecule has 3 nitrogen and oxygen atoms in total. The van der Waals surface area contributed by atoms with Crippen molar-refractivity contribution >= 4 is 11.3 Å². The second-order valence-corrected chi connectivity index (χ2v) is 4.03. The van der Waals surface area contributed by atoms with E-state index in [1.54, 1.807) is 11.7 Å². The lowest BCUT2D eigenvalue weighted by molar-refractivity contribution is 0.169. The van der Waals surface area contributed by atoms with E-state index in [1.165, 1.54) is 29.7 Å². The van der Waals surface area contributed by atoms with Crippen molar-refractivity contribution in [1.82, 2.24) is 9.97 Å². The Bertz CT molecular complexity index is 433. The SMILES string of the molecule is OC(Cc1cncs1)c1ncccc1F. The van der Waals surface area contributed by atoms with Gasteiger partial charge in [0.2, 0.25) is 0 Å². The van der Waals surface area contributed by atoms with Crippen LogP contribution in [0.3, 0.4) is 0 Å². The molecule has 78 valence electrons. The van der Waals surface area contributed by atoms with Crippen LogP contribution in [0.25, 0.3) is 0 Å². The van der Waals surface area contributed by atoms with Crippen LogP contribution in [0.4, 0.5) is 4.39 Å². The highest BCUT2D eigenvalue weighted by Crippen LogP contribution is 2.20. The van der Waals surface area contributed by atoms with Crippen LogP contribution < -0.4 is 0 Å². The third kappa shape index (κ3) is 2.37. The summed E-state index contributed by atoms with van der Waals surface area (Å²) >= 11 is 1.43. The molecule has 2 aromatic heterocycles. The minimum absolute atomic E-state index is 0.0888. The van der Waals surface area contributed by atoms with Gasteiger partial charge in [0.1, 0.15) is 17.6 Å². The van der Waals surface area contributed by atoms with E-state index >= 15 is 0 Å². The smallest absolute Gasteiger partial charge is 0.147 e. The highest BCUT2D eigenvalue weighted by atomic mass is 32.1. The van der Waals surface area contributed by atoms with Crippen LogP contribution in [0.15, 0.2) is 30.0 Å². The minimum Gasteiger partial charge on any atom is -0.386 e. The first-order valence-corrected chi connectivity index (χ1v) is 5.31. The quantitative estimate of drug-likeness (QED) is 0.866. The molecule has 0 aliphatic rings. The summed E-state index contributed by atoms with van der Waals surface area (Å²) in [4.78, 5) is 8.61. The summed E-state index contributed by atoms with van der Waals surface area (Å²) in [6.07, 6.45) is 2.56. The van der Waals surface area contributed by atoms with Crippen molar-refractivity contribution in [3.05, 3.63) is 46.4 Å². The Labute approximate surface area is 90.3 Å². The van der Waals surface area contributed by atoms with Gasteiger partial charge in [0.05, 0.1) is 5.51 Å². The van der Waals surface area contributed by atoms with E-state index in [1.807, 2.05) is 0 Å². The highest BCUT2D eigenvalue weighted by molar-refractivity contribution is 7.09. The molecule has 0 amide bonds. The maximum Gasteiger partial charge on any atom is 0.147 e. The van der Waals surface area contributed by atoms with Gasteiger partial charge in [-0.3, -0.25) is 9.97 Å². The van der Waals surface area contributed by atoms with Crippen LogP contribution in [0.1, 0.15) is 16.7 Å². The Balaban J connectivity index is 2.15. The number of aliphatic hydroxyl groups excluding tert-OH is 1. The molecule has 0 aliphatic carbocycles. The molecular formula is C10H9FN2OS. The molecule has 2 aromatic rings. The highest BCUT2D eigenvalue weighted by Gasteiger charge is 2.14. The second kappa shape index (κ2) is 4.46. The number of halogens is 1. The van der Waals surface area contributed by atoms with Crippen LogP contribution in [-0.2, 0) is 6.42 Å². The molecule has 1 atom stereocenters. The Morgan fingerprint density at radius 3 is 3.07 bits per heavy atom. The third-order valence-electron chi connectivity index (χ3n) is 1.98. The van der Waals surface area contributed by atoms with Crippen molar-refractivity contribution in [3.8, 4) is 0 Å². The summed E-state index contributed by atoms with van der Waals surface area (Å²) in [5.74, 6) is -0.477. The minimum atomic E-state index is -0.911. The Morgan fingerprint density at radius 2 is 2.40 bits per heavy atom. The molecule has 1 unspecified atom stereocenters. The number of pyridine rings is 1. The molecule has 15 heavy (non-hydrogen) atoms. The standard InChI is InChI=1S/C10H9FN2OS/c11-8-2-1-3-13-10(8)9(14)4-7-5-12-6-15-7/h1-3,5-6,9,14H,4H2. The van der Waals surface area contributed by atoms with Gasteiger partial charge >= 0.3 is 0 Å². The lowest BCUT2D eigenvalue weighted by Crippen LogP contribution is -2.05. The lowest BCUT2D eigenvalue weighted by Gasteiger charge is -2.08. The number of aromatic nitrogens is 2. The summed E-state index contributed by atoms with van der Waals surface area (Å²) < 4.78 is 13.2. The Kier molecular flexibility index (Phi) is 3.03. The van der Waals surface area contributed by atoms with Crippen molar-refractivity contribution in [2.45, 2.75) is 12.5 Å². The molecule has 0 bridgehead atoms. The van der Waals surface area contributed by atoms with Crippen LogP contribution in [0.2, 0.25) is 0 Å². The maximum absolute atomic E-state index is 13.2. The molecule has 0 radical (unpaired) electrons. The van der Waals surface area contributed by atoms with Crippen LogP contribution in [0.5, 0.6) is 0 Å². The first-order chi connectivity index (χ1) is 7.27. The van der Waals surface area contributed by atoms with Crippen LogP contribution >= 0.6 is 11.3 Å². The van der Waals surface area contributed by atoms with Gasteiger partial charge in [0, 0.05) is 23.7 Å². The number of aliphatic hydroxyl groups is 1. The zero-order chi connectivity index (χ0) is 10.7. The first kappa shape index (κ1) is 10.2. The van der Waals surface area contributed by atoms with Crippen molar-refractivity contribution in [3.63, 3.8) is 0 Å². The van der Waals surface area contributed by atoms with Crippen molar-refractivity contribution in [1.29, 1.82) is 0 Å². The fourth-order valence-electron chi connectivity index (χ4n) is 1.27.